The predicted molar refractivity (Wildman–Crippen MR) is 321 cm³/mol. The van der Waals surface area contributed by atoms with Crippen molar-refractivity contribution in [3.63, 3.8) is 0 Å². The van der Waals surface area contributed by atoms with E-state index in [-0.39, 0.29) is 142 Å². The lowest BCUT2D eigenvalue weighted by molar-refractivity contribution is -0.363. The number of para-hydroxylation sites is 1. The van der Waals surface area contributed by atoms with Crippen molar-refractivity contribution in [1.82, 2.24) is 9.05 Å². The summed E-state index contributed by atoms with van der Waals surface area (Å²) in [6, 6.07) is 26.6. The smallest absolute Gasteiger partial charge is 0.496 e. The Balaban J connectivity index is 0.951. The van der Waals surface area contributed by atoms with Gasteiger partial charge in [0.1, 0.15) is 39.7 Å². The predicted octanol–water partition coefficient (Wildman–Crippen LogP) is 14.3. The molecule has 3 aromatic heterocycles. The Kier molecular flexibility index (Phi) is 14.5. The molecule has 0 aliphatic carbocycles. The minimum atomic E-state index is -4.82. The molecule has 0 saturated carbocycles. The average molecular weight is 1240 g/mol. The molecule has 0 radical (unpaired) electrons. The van der Waals surface area contributed by atoms with Gasteiger partial charge in [0.05, 0.1) is 67.4 Å². The highest BCUT2D eigenvalue weighted by atomic mass is 19.4. The second-order valence-corrected chi connectivity index (χ2v) is 21.6. The number of rotatable bonds is 13. The first-order valence-corrected chi connectivity index (χ1v) is 28.2. The zero-order chi connectivity index (χ0) is 64.4. The van der Waals surface area contributed by atoms with Crippen molar-refractivity contribution >= 4 is 79.6 Å². The molecule has 0 bridgehead atoms. The van der Waals surface area contributed by atoms with Crippen LogP contribution >= 0.6 is 0 Å². The number of hydrogen-bond donors (Lipinski definition) is 0. The zero-order valence-electron chi connectivity index (χ0n) is 49.1. The van der Waals surface area contributed by atoms with E-state index in [9.17, 15) is 40.7 Å². The molecule has 0 N–H and O–H groups in total. The zero-order valence-corrected chi connectivity index (χ0v) is 49.1. The second-order valence-electron chi connectivity index (χ2n) is 21.6. The molecule has 10 aromatic rings. The van der Waals surface area contributed by atoms with Gasteiger partial charge in [-0.2, -0.15) is 26.3 Å². The molecule has 23 heteroatoms. The lowest BCUT2D eigenvalue weighted by Gasteiger charge is -2.34. The van der Waals surface area contributed by atoms with Crippen molar-refractivity contribution in [2.45, 2.75) is 60.3 Å². The number of esters is 3. The first-order valence-electron chi connectivity index (χ1n) is 28.2. The van der Waals surface area contributed by atoms with Crippen LogP contribution in [-0.2, 0) is 37.8 Å². The number of carbonyl (C=O) groups is 3. The number of halogens is 8. The van der Waals surface area contributed by atoms with E-state index in [0.29, 0.717) is 21.9 Å². The maximum Gasteiger partial charge on any atom is 0.737 e. The molecule has 0 unspecified atom stereocenters. The van der Waals surface area contributed by atoms with Gasteiger partial charge < -0.3 is 45.7 Å². The summed E-state index contributed by atoms with van der Waals surface area (Å²) in [7, 11) is 2.59. The lowest BCUT2D eigenvalue weighted by atomic mass is 9.83. The number of methoxy groups -OCH3 is 2. The normalized spacial score (nSPS) is 14.1. The van der Waals surface area contributed by atoms with E-state index >= 15 is 18.2 Å². The van der Waals surface area contributed by atoms with Crippen LogP contribution in [0.1, 0.15) is 77.3 Å². The highest BCUT2D eigenvalue weighted by Crippen LogP contribution is 2.53. The van der Waals surface area contributed by atoms with E-state index in [1.165, 1.54) is 115 Å². The van der Waals surface area contributed by atoms with Gasteiger partial charge in [-0.15, -0.1) is 0 Å². The van der Waals surface area contributed by atoms with Gasteiger partial charge in [-0.3, -0.25) is 14.4 Å². The van der Waals surface area contributed by atoms with Crippen LogP contribution in [0.15, 0.2) is 152 Å². The molecular formula is C67H50BF8N3O11. The molecule has 12 rings (SSSR count). The maximum atomic E-state index is 17.4. The Labute approximate surface area is 505 Å². The number of hydrogen-bond acceptors (Lipinski definition) is 11. The minimum absolute atomic E-state index is 0.0241. The third-order valence-electron chi connectivity index (χ3n) is 16.6. The third-order valence-corrected chi connectivity index (χ3v) is 16.6. The van der Waals surface area contributed by atoms with Crippen molar-refractivity contribution in [3.05, 3.63) is 204 Å². The minimum Gasteiger partial charge on any atom is -0.496 e. The van der Waals surface area contributed by atoms with Crippen molar-refractivity contribution in [1.29, 1.82) is 0 Å². The van der Waals surface area contributed by atoms with Crippen LogP contribution in [0.5, 0.6) is 17.2 Å². The first-order chi connectivity index (χ1) is 42.7. The summed E-state index contributed by atoms with van der Waals surface area (Å²) in [6.45, 7) is 4.00. The van der Waals surface area contributed by atoms with Crippen LogP contribution in [0.25, 0.3) is 77.0 Å². The Bertz CT molecular complexity index is 4900. The molecule has 0 fully saturated rings. The van der Waals surface area contributed by atoms with Gasteiger partial charge in [0.25, 0.3) is 11.1 Å². The highest BCUT2D eigenvalue weighted by molar-refractivity contribution is 6.59. The number of aromatic nitrogens is 2. The summed E-state index contributed by atoms with van der Waals surface area (Å²) in [4.78, 5) is 71.2. The quantitative estimate of drug-likeness (QED) is 0.0270. The number of ether oxygens (including phenoxy) is 5. The van der Waals surface area contributed by atoms with Gasteiger partial charge in [-0.1, -0.05) is 54.6 Å². The Morgan fingerprint density at radius 3 is 1.74 bits per heavy atom. The van der Waals surface area contributed by atoms with Gasteiger partial charge in [0.2, 0.25) is 0 Å². The first kappa shape index (κ1) is 60.0. The molecule has 7 aromatic carbocycles. The number of nitrogens with zero attached hydrogens (tertiary/aromatic N) is 3. The number of pyridine rings is 1. The Hall–Kier alpha value is -10.3. The van der Waals surface area contributed by atoms with E-state index in [2.05, 4.69) is 0 Å². The van der Waals surface area contributed by atoms with Crippen LogP contribution in [0.3, 0.4) is 0 Å². The monoisotopic (exact) mass is 1240 g/mol. The highest BCUT2D eigenvalue weighted by Gasteiger charge is 2.59. The molecule has 2 aliphatic heterocycles. The van der Waals surface area contributed by atoms with Gasteiger partial charge in [-0.05, 0) is 123 Å². The maximum absolute atomic E-state index is 17.4. The molecule has 0 atom stereocenters. The van der Waals surface area contributed by atoms with E-state index in [1.807, 2.05) is 0 Å². The molecule has 5 heterocycles. The van der Waals surface area contributed by atoms with Crippen LogP contribution in [-0.4, -0.2) is 71.6 Å². The molecular weight excluding hydrogens is 1190 g/mol. The summed E-state index contributed by atoms with van der Waals surface area (Å²) < 4.78 is 156. The number of allylic oxidation sites excluding steroid dienone is 1. The third kappa shape index (κ3) is 9.38. The number of fused-ring (bicyclic) bond motifs is 4. The fraction of sp³-hybridized carbons (Fsp3) is 0.194. The van der Waals surface area contributed by atoms with Crippen molar-refractivity contribution in [2.24, 2.45) is 0 Å². The average Bonchev–Trinajstić information content (AvgIpc) is 1.29. The van der Waals surface area contributed by atoms with Gasteiger partial charge in [-0.25, -0.2) is 14.2 Å². The summed E-state index contributed by atoms with van der Waals surface area (Å²) in [5.74, 6) is -2.69. The van der Waals surface area contributed by atoms with Gasteiger partial charge >= 0.3 is 37.2 Å². The molecule has 0 spiro atoms. The van der Waals surface area contributed by atoms with Crippen LogP contribution < -0.4 is 25.3 Å². The molecule has 2 aliphatic rings. The Morgan fingerprint density at radius 2 is 1.19 bits per heavy atom. The van der Waals surface area contributed by atoms with E-state index < -0.39 is 65.9 Å². The standard InChI is InChI=1S/C67H50BF8N3O11/c1-9-87-64(83)52-32(3)59-58(60-33(4)53(65(84)88-10-2)35(6)79(60)68(75,76)78(59)34(52)5)56-49(85-7)28-42(29-50(56)86-8)89-51(80)27-36-15-25-41(26-16-36)77-62(81)46-30-44(37-17-21-39(22-18-37)66(69,70)71)54-43-13-11-12-14-48(43)90-61-45(31-47(63(77)82)55(46)57(54)61)38-19-23-40(24-20-38)67(72,73)74/h11-26,28-31H,9-10,27H2,1-8H3. The summed E-state index contributed by atoms with van der Waals surface area (Å²) >= 11 is 0. The van der Waals surface area contributed by atoms with Crippen molar-refractivity contribution in [3.8, 4) is 45.2 Å². The van der Waals surface area contributed by atoms with Gasteiger partial charge in [0.15, 0.2) is 5.70 Å². The van der Waals surface area contributed by atoms with Crippen LogP contribution in [0.2, 0.25) is 0 Å². The molecule has 90 heavy (non-hydrogen) atoms. The van der Waals surface area contributed by atoms with E-state index in [0.717, 1.165) is 37.8 Å². The topological polar surface area (TPSA) is 158 Å². The lowest BCUT2D eigenvalue weighted by Crippen LogP contribution is -2.51. The summed E-state index contributed by atoms with van der Waals surface area (Å²) in [5, 5.41) is 1.12. The fourth-order valence-electron chi connectivity index (χ4n) is 12.8. The molecule has 0 amide bonds. The summed E-state index contributed by atoms with van der Waals surface area (Å²) in [6.07, 6.45) is -9.78. The van der Waals surface area contributed by atoms with Crippen molar-refractivity contribution in [2.75, 3.05) is 27.4 Å². The van der Waals surface area contributed by atoms with Gasteiger partial charge in [0, 0.05) is 68.2 Å². The number of alkyl halides is 6. The van der Waals surface area contributed by atoms with E-state index in [1.54, 1.807) is 38.1 Å². The van der Waals surface area contributed by atoms with Crippen LogP contribution in [0, 0.1) is 13.8 Å². The number of carbonyl (C=O) groups excluding carboxylic acids is 3. The molecule has 14 nitrogen and oxygen atoms in total. The fourth-order valence-corrected chi connectivity index (χ4v) is 12.8. The SMILES string of the molecule is CCOC(=O)C1=C(C)C2=C(c3c(OC)cc(OC(=O)Cc4ccc(-n5c(=O)c6cc(-c7ccc(C(F)(F)F)cc7)c7oc8ccccc8c8c(-c9ccc(C(F)(F)F)cc9)cc(c5=O)c6c78)cc4)cc3OC)c3c(C)c(C(=O)OCC)c(C)n3[B-](F)(F)[N+]2=C1C. The van der Waals surface area contributed by atoms with Crippen LogP contribution in [0.4, 0.5) is 35.0 Å². The molecule has 0 saturated heterocycles. The molecule has 458 valence electrons. The second kappa shape index (κ2) is 21.8. The largest absolute Gasteiger partial charge is 0.737 e. The Morgan fingerprint density at radius 1 is 0.644 bits per heavy atom. The van der Waals surface area contributed by atoms with E-state index in [4.69, 9.17) is 28.1 Å². The van der Waals surface area contributed by atoms with Crippen molar-refractivity contribution < 1.29 is 81.9 Å². The number of benzene rings is 7. The summed E-state index contributed by atoms with van der Waals surface area (Å²) in [5.41, 5.74) is -2.09.